The van der Waals surface area contributed by atoms with Crippen LogP contribution in [0, 0.1) is 5.82 Å². The van der Waals surface area contributed by atoms with Gasteiger partial charge in [0.2, 0.25) is 21.8 Å². The van der Waals surface area contributed by atoms with Crippen LogP contribution >= 0.6 is 0 Å². The zero-order chi connectivity index (χ0) is 20.6. The maximum Gasteiger partial charge on any atom is 0.244 e. The fourth-order valence-electron chi connectivity index (χ4n) is 3.75. The van der Waals surface area contributed by atoms with Crippen molar-refractivity contribution in [2.24, 2.45) is 0 Å². The number of hydrogen-bond donors (Lipinski definition) is 1. The molecule has 2 fully saturated rings. The molecule has 4 rings (SSSR count). The van der Waals surface area contributed by atoms with Crippen LogP contribution in [-0.2, 0) is 19.6 Å². The Morgan fingerprint density at radius 2 is 1.72 bits per heavy atom. The first-order chi connectivity index (χ1) is 13.9. The molecule has 2 amide bonds. The summed E-state index contributed by atoms with van der Waals surface area (Å²) in [6, 6.07) is 10.4. The zero-order valence-electron chi connectivity index (χ0n) is 15.5. The third-order valence-corrected chi connectivity index (χ3v) is 7.07. The molecule has 0 aliphatic carbocycles. The Labute approximate surface area is 168 Å². The molecule has 2 aromatic carbocycles. The van der Waals surface area contributed by atoms with Crippen LogP contribution in [0.1, 0.15) is 24.4 Å². The van der Waals surface area contributed by atoms with E-state index in [1.54, 1.807) is 23.1 Å². The highest BCUT2D eigenvalue weighted by atomic mass is 32.2. The average molecular weight is 417 g/mol. The number of hydrogen-bond acceptors (Lipinski definition) is 4. The fourth-order valence-corrected chi connectivity index (χ4v) is 5.32. The Balaban J connectivity index is 1.68. The van der Waals surface area contributed by atoms with E-state index in [4.69, 9.17) is 0 Å². The highest BCUT2D eigenvalue weighted by Gasteiger charge is 2.40. The van der Waals surface area contributed by atoms with Crippen LogP contribution in [0.3, 0.4) is 0 Å². The molecule has 0 radical (unpaired) electrons. The highest BCUT2D eigenvalue weighted by molar-refractivity contribution is 7.89. The standard InChI is InChI=1S/C20H20FN3O4S/c21-17-5-2-1-4-16(17)19-20(26)22-11-13-24(19)29(27,28)15-9-7-14(8-10-15)23-12-3-6-18(23)25/h1-2,4-5,7-10,19H,3,6,11-13H2,(H,22,26). The summed E-state index contributed by atoms with van der Waals surface area (Å²) in [7, 11) is -4.06. The van der Waals surface area contributed by atoms with Crippen molar-refractivity contribution >= 4 is 27.5 Å². The van der Waals surface area contributed by atoms with Crippen molar-refractivity contribution < 1.29 is 22.4 Å². The molecule has 0 spiro atoms. The van der Waals surface area contributed by atoms with Gasteiger partial charge in [-0.3, -0.25) is 9.59 Å². The van der Waals surface area contributed by atoms with E-state index in [0.29, 0.717) is 18.7 Å². The Morgan fingerprint density at radius 3 is 2.38 bits per heavy atom. The van der Waals surface area contributed by atoms with Crippen molar-refractivity contribution in [2.45, 2.75) is 23.8 Å². The SMILES string of the molecule is O=C1NCCN(S(=O)(=O)c2ccc(N3CCCC3=O)cc2)C1c1ccccc1F. The minimum atomic E-state index is -4.06. The van der Waals surface area contributed by atoms with Gasteiger partial charge in [-0.2, -0.15) is 4.31 Å². The van der Waals surface area contributed by atoms with Crippen molar-refractivity contribution in [1.82, 2.24) is 9.62 Å². The number of anilines is 1. The van der Waals surface area contributed by atoms with Crippen molar-refractivity contribution in [3.8, 4) is 0 Å². The number of piperazine rings is 1. The van der Waals surface area contributed by atoms with E-state index in [9.17, 15) is 22.4 Å². The summed E-state index contributed by atoms with van der Waals surface area (Å²) in [5.74, 6) is -1.20. The van der Waals surface area contributed by atoms with Gasteiger partial charge < -0.3 is 10.2 Å². The number of nitrogens with one attached hydrogen (secondary N) is 1. The van der Waals surface area contributed by atoms with Crippen LogP contribution in [-0.4, -0.2) is 44.2 Å². The van der Waals surface area contributed by atoms with E-state index in [1.165, 1.54) is 30.3 Å². The molecule has 2 saturated heterocycles. The Kier molecular flexibility index (Phi) is 5.10. The second-order valence-corrected chi connectivity index (χ2v) is 8.86. The van der Waals surface area contributed by atoms with Gasteiger partial charge in [0.25, 0.3) is 0 Å². The molecule has 2 aromatic rings. The first kappa shape index (κ1) is 19.5. The van der Waals surface area contributed by atoms with Gasteiger partial charge in [-0.05, 0) is 36.8 Å². The van der Waals surface area contributed by atoms with E-state index >= 15 is 0 Å². The van der Waals surface area contributed by atoms with E-state index < -0.39 is 27.8 Å². The van der Waals surface area contributed by atoms with Gasteiger partial charge in [-0.15, -0.1) is 0 Å². The van der Waals surface area contributed by atoms with Crippen molar-refractivity contribution in [2.75, 3.05) is 24.5 Å². The molecule has 2 aliphatic heterocycles. The summed E-state index contributed by atoms with van der Waals surface area (Å²) >= 11 is 0. The highest BCUT2D eigenvalue weighted by Crippen LogP contribution is 2.32. The van der Waals surface area contributed by atoms with Gasteiger partial charge in [0.05, 0.1) is 4.90 Å². The van der Waals surface area contributed by atoms with Crippen LogP contribution in [0.2, 0.25) is 0 Å². The van der Waals surface area contributed by atoms with Gasteiger partial charge in [0.1, 0.15) is 11.9 Å². The predicted octanol–water partition coefficient (Wildman–Crippen LogP) is 1.81. The number of amides is 2. The molecule has 0 saturated carbocycles. The minimum absolute atomic E-state index is 0.00700. The Bertz CT molecular complexity index is 1060. The molecule has 1 unspecified atom stereocenters. The smallest absolute Gasteiger partial charge is 0.244 e. The quantitative estimate of drug-likeness (QED) is 0.822. The molecule has 0 bridgehead atoms. The normalized spacial score (nSPS) is 20.7. The number of halogens is 1. The van der Waals surface area contributed by atoms with Crippen LogP contribution in [0.5, 0.6) is 0 Å². The van der Waals surface area contributed by atoms with Crippen LogP contribution in [0.25, 0.3) is 0 Å². The van der Waals surface area contributed by atoms with Crippen LogP contribution in [0.4, 0.5) is 10.1 Å². The fraction of sp³-hybridized carbons (Fsp3) is 0.300. The molecule has 0 aromatic heterocycles. The van der Waals surface area contributed by atoms with E-state index in [1.807, 2.05) is 0 Å². The molecule has 152 valence electrons. The van der Waals surface area contributed by atoms with Gasteiger partial charge in [0.15, 0.2) is 0 Å². The third kappa shape index (κ3) is 3.51. The number of rotatable bonds is 4. The number of carbonyl (C=O) groups is 2. The Morgan fingerprint density at radius 1 is 1.00 bits per heavy atom. The number of sulfonamides is 1. The molecule has 2 heterocycles. The molecular weight excluding hydrogens is 397 g/mol. The molecule has 1 atom stereocenters. The zero-order valence-corrected chi connectivity index (χ0v) is 16.4. The first-order valence-corrected chi connectivity index (χ1v) is 10.8. The lowest BCUT2D eigenvalue weighted by Crippen LogP contribution is -2.52. The van der Waals surface area contributed by atoms with Crippen molar-refractivity contribution in [1.29, 1.82) is 0 Å². The molecule has 29 heavy (non-hydrogen) atoms. The molecule has 7 nitrogen and oxygen atoms in total. The largest absolute Gasteiger partial charge is 0.353 e. The number of benzene rings is 2. The third-order valence-electron chi connectivity index (χ3n) is 5.20. The van der Waals surface area contributed by atoms with Crippen LogP contribution < -0.4 is 10.2 Å². The molecule has 9 heteroatoms. The molecule has 1 N–H and O–H groups in total. The second-order valence-electron chi connectivity index (χ2n) is 6.97. The lowest BCUT2D eigenvalue weighted by atomic mass is 10.0. The maximum absolute atomic E-state index is 14.3. The van der Waals surface area contributed by atoms with Crippen molar-refractivity contribution in [3.63, 3.8) is 0 Å². The van der Waals surface area contributed by atoms with Crippen molar-refractivity contribution in [3.05, 3.63) is 59.9 Å². The van der Waals surface area contributed by atoms with Gasteiger partial charge >= 0.3 is 0 Å². The van der Waals surface area contributed by atoms with E-state index in [0.717, 1.165) is 10.7 Å². The molecular formula is C20H20FN3O4S. The molecule has 2 aliphatic rings. The summed E-state index contributed by atoms with van der Waals surface area (Å²) in [6.07, 6.45) is 1.25. The average Bonchev–Trinajstić information content (AvgIpc) is 3.14. The Hall–Kier alpha value is -2.78. The summed E-state index contributed by atoms with van der Waals surface area (Å²) in [5.41, 5.74) is 0.640. The summed E-state index contributed by atoms with van der Waals surface area (Å²) in [5, 5.41) is 2.61. The van der Waals surface area contributed by atoms with Crippen LogP contribution in [0.15, 0.2) is 53.4 Å². The first-order valence-electron chi connectivity index (χ1n) is 9.34. The lowest BCUT2D eigenvalue weighted by Gasteiger charge is -2.34. The number of nitrogens with zero attached hydrogens (tertiary/aromatic N) is 2. The predicted molar refractivity (Wildman–Crippen MR) is 104 cm³/mol. The summed E-state index contributed by atoms with van der Waals surface area (Å²) in [6.45, 7) is 0.773. The van der Waals surface area contributed by atoms with E-state index in [2.05, 4.69) is 5.32 Å². The summed E-state index contributed by atoms with van der Waals surface area (Å²) < 4.78 is 41.9. The van der Waals surface area contributed by atoms with Gasteiger partial charge in [0, 0.05) is 37.3 Å². The summed E-state index contributed by atoms with van der Waals surface area (Å²) in [4.78, 5) is 26.0. The second kappa shape index (κ2) is 7.57. The van der Waals surface area contributed by atoms with Gasteiger partial charge in [-0.1, -0.05) is 18.2 Å². The lowest BCUT2D eigenvalue weighted by molar-refractivity contribution is -0.127. The van der Waals surface area contributed by atoms with Gasteiger partial charge in [-0.25, -0.2) is 12.8 Å². The van der Waals surface area contributed by atoms with E-state index in [-0.39, 0.29) is 29.5 Å². The maximum atomic E-state index is 14.3. The monoisotopic (exact) mass is 417 g/mol. The topological polar surface area (TPSA) is 86.8 Å². The minimum Gasteiger partial charge on any atom is -0.353 e. The number of carbonyl (C=O) groups excluding carboxylic acids is 2.